The molecule has 0 bridgehead atoms. The molecule has 6 nitrogen and oxygen atoms in total. The number of hydrogen-bond donors (Lipinski definition) is 2. The number of hydrogen-bond acceptors (Lipinski definition) is 5. The van der Waals surface area contributed by atoms with E-state index in [1.165, 1.54) is 37.0 Å². The van der Waals surface area contributed by atoms with Gasteiger partial charge in [0, 0.05) is 50.1 Å². The summed E-state index contributed by atoms with van der Waals surface area (Å²) in [5, 5.41) is 9.12. The Hall–Kier alpha value is -1.12. The first kappa shape index (κ1) is 20.6. The van der Waals surface area contributed by atoms with Crippen LogP contribution in [0.3, 0.4) is 0 Å². The summed E-state index contributed by atoms with van der Waals surface area (Å²) in [6, 6.07) is 4.43. The summed E-state index contributed by atoms with van der Waals surface area (Å²) >= 11 is 1.87. The van der Waals surface area contributed by atoms with Crippen molar-refractivity contribution in [3.05, 3.63) is 22.4 Å². The van der Waals surface area contributed by atoms with Crippen LogP contribution in [0, 0.1) is 0 Å². The van der Waals surface area contributed by atoms with Crippen LogP contribution >= 0.6 is 11.3 Å². The molecule has 1 aromatic rings. The van der Waals surface area contributed by atoms with Crippen molar-refractivity contribution in [3.63, 3.8) is 0 Å². The molecule has 152 valence electrons. The lowest BCUT2D eigenvalue weighted by atomic mass is 9.73. The normalized spacial score (nSPS) is 23.1. The summed E-state index contributed by atoms with van der Waals surface area (Å²) in [6.45, 7) is 3.79. The van der Waals surface area contributed by atoms with Gasteiger partial charge in [0.15, 0.2) is 15.8 Å². The van der Waals surface area contributed by atoms with E-state index in [0.717, 1.165) is 25.6 Å². The molecule has 2 heterocycles. The van der Waals surface area contributed by atoms with Crippen LogP contribution in [0.5, 0.6) is 0 Å². The van der Waals surface area contributed by atoms with Gasteiger partial charge in [0.2, 0.25) is 0 Å². The van der Waals surface area contributed by atoms with Crippen LogP contribution in [-0.4, -0.2) is 70.6 Å². The zero-order chi connectivity index (χ0) is 19.2. The van der Waals surface area contributed by atoms with Gasteiger partial charge >= 0.3 is 0 Å². The summed E-state index contributed by atoms with van der Waals surface area (Å²) in [4.78, 5) is 8.06. The molecule has 2 aliphatic rings. The van der Waals surface area contributed by atoms with Crippen molar-refractivity contribution < 1.29 is 8.42 Å². The molecular formula is C19H32N4O2S2. The Kier molecular flexibility index (Phi) is 7.16. The Bertz CT molecular complexity index is 696. The highest BCUT2D eigenvalue weighted by Crippen LogP contribution is 2.41. The van der Waals surface area contributed by atoms with E-state index in [1.807, 2.05) is 18.4 Å². The van der Waals surface area contributed by atoms with Crippen LogP contribution in [-0.2, 0) is 15.3 Å². The SMILES string of the molecule is CN=C(NCCN1CCS(=O)(=O)CC1)NCC1(c2cccs2)CCCCC1. The van der Waals surface area contributed by atoms with E-state index in [4.69, 9.17) is 0 Å². The fourth-order valence-corrected chi connectivity index (χ4v) is 6.36. The van der Waals surface area contributed by atoms with Gasteiger partial charge in [0.1, 0.15) is 0 Å². The number of aliphatic imine (C=N–C) groups is 1. The summed E-state index contributed by atoms with van der Waals surface area (Å²) in [7, 11) is -1.00. The van der Waals surface area contributed by atoms with Crippen molar-refractivity contribution in [3.8, 4) is 0 Å². The topological polar surface area (TPSA) is 73.8 Å². The fourth-order valence-electron chi connectivity index (χ4n) is 4.10. The van der Waals surface area contributed by atoms with Crippen molar-refractivity contribution in [1.29, 1.82) is 0 Å². The van der Waals surface area contributed by atoms with Gasteiger partial charge in [0.05, 0.1) is 11.5 Å². The van der Waals surface area contributed by atoms with Gasteiger partial charge < -0.3 is 10.6 Å². The minimum absolute atomic E-state index is 0.227. The molecule has 0 atom stereocenters. The molecule has 1 saturated carbocycles. The molecule has 0 amide bonds. The largest absolute Gasteiger partial charge is 0.355 e. The molecule has 8 heteroatoms. The number of guanidine groups is 1. The maximum Gasteiger partial charge on any atom is 0.191 e. The predicted molar refractivity (Wildman–Crippen MR) is 114 cm³/mol. The first-order valence-electron chi connectivity index (χ1n) is 9.94. The van der Waals surface area contributed by atoms with Crippen LogP contribution in [0.15, 0.2) is 22.5 Å². The first-order valence-corrected chi connectivity index (χ1v) is 12.6. The summed E-state index contributed by atoms with van der Waals surface area (Å²) in [5.41, 5.74) is 0.227. The van der Waals surface area contributed by atoms with Gasteiger partial charge in [-0.15, -0.1) is 11.3 Å². The molecule has 2 N–H and O–H groups in total. The zero-order valence-corrected chi connectivity index (χ0v) is 17.9. The number of rotatable bonds is 6. The van der Waals surface area contributed by atoms with E-state index in [-0.39, 0.29) is 16.9 Å². The van der Waals surface area contributed by atoms with E-state index in [2.05, 4.69) is 38.0 Å². The molecule has 3 rings (SSSR count). The second-order valence-electron chi connectivity index (χ2n) is 7.66. The van der Waals surface area contributed by atoms with Crippen LogP contribution in [0.4, 0.5) is 0 Å². The smallest absolute Gasteiger partial charge is 0.191 e. The van der Waals surface area contributed by atoms with Crippen molar-refractivity contribution in [2.24, 2.45) is 4.99 Å². The van der Waals surface area contributed by atoms with E-state index >= 15 is 0 Å². The highest BCUT2D eigenvalue weighted by Gasteiger charge is 2.34. The third kappa shape index (κ3) is 5.68. The van der Waals surface area contributed by atoms with Gasteiger partial charge in [-0.2, -0.15) is 0 Å². The van der Waals surface area contributed by atoms with Crippen molar-refractivity contribution >= 4 is 27.1 Å². The summed E-state index contributed by atoms with van der Waals surface area (Å²) < 4.78 is 23.0. The Labute approximate surface area is 167 Å². The van der Waals surface area contributed by atoms with Gasteiger partial charge in [0.25, 0.3) is 0 Å². The van der Waals surface area contributed by atoms with E-state index in [0.29, 0.717) is 13.1 Å². The fraction of sp³-hybridized carbons (Fsp3) is 0.737. The van der Waals surface area contributed by atoms with Crippen LogP contribution < -0.4 is 10.6 Å². The lowest BCUT2D eigenvalue weighted by molar-refractivity contribution is 0.293. The van der Waals surface area contributed by atoms with Gasteiger partial charge in [-0.25, -0.2) is 8.42 Å². The molecular weight excluding hydrogens is 380 g/mol. The molecule has 1 aliphatic carbocycles. The standard InChI is InChI=1S/C19H32N4O2S2/c1-20-18(21-9-10-23-11-14-27(24,25)15-12-23)22-16-19(7-3-2-4-8-19)17-6-5-13-26-17/h5-6,13H,2-4,7-12,14-16H2,1H3,(H2,20,21,22). The number of thiophene rings is 1. The highest BCUT2D eigenvalue weighted by atomic mass is 32.2. The van der Waals surface area contributed by atoms with E-state index in [1.54, 1.807) is 0 Å². The average molecular weight is 413 g/mol. The molecule has 0 radical (unpaired) electrons. The van der Waals surface area contributed by atoms with Gasteiger partial charge in [-0.05, 0) is 24.3 Å². The molecule has 2 fully saturated rings. The Morgan fingerprint density at radius 1 is 1.22 bits per heavy atom. The Morgan fingerprint density at radius 2 is 1.96 bits per heavy atom. The molecule has 0 spiro atoms. The highest BCUT2D eigenvalue weighted by molar-refractivity contribution is 7.91. The molecule has 1 aromatic heterocycles. The third-order valence-corrected chi connectivity index (χ3v) is 8.56. The van der Waals surface area contributed by atoms with E-state index < -0.39 is 9.84 Å². The van der Waals surface area contributed by atoms with Crippen molar-refractivity contribution in [2.45, 2.75) is 37.5 Å². The van der Waals surface area contributed by atoms with Gasteiger partial charge in [-0.1, -0.05) is 25.3 Å². The number of nitrogens with one attached hydrogen (secondary N) is 2. The minimum atomic E-state index is -2.81. The summed E-state index contributed by atoms with van der Waals surface area (Å²) in [5.74, 6) is 1.40. The van der Waals surface area contributed by atoms with Crippen molar-refractivity contribution in [1.82, 2.24) is 15.5 Å². The number of sulfone groups is 1. The van der Waals surface area contributed by atoms with Gasteiger partial charge in [-0.3, -0.25) is 9.89 Å². The minimum Gasteiger partial charge on any atom is -0.355 e. The van der Waals surface area contributed by atoms with Crippen LogP contribution in [0.2, 0.25) is 0 Å². The molecule has 1 saturated heterocycles. The lowest BCUT2D eigenvalue weighted by Gasteiger charge is -2.37. The maximum atomic E-state index is 11.5. The monoisotopic (exact) mass is 412 g/mol. The third-order valence-electron chi connectivity index (χ3n) is 5.83. The van der Waals surface area contributed by atoms with Crippen molar-refractivity contribution in [2.75, 3.05) is 51.3 Å². The quantitative estimate of drug-likeness (QED) is 0.551. The molecule has 0 unspecified atom stereocenters. The first-order chi connectivity index (χ1) is 13.0. The Balaban J connectivity index is 1.47. The maximum absolute atomic E-state index is 11.5. The van der Waals surface area contributed by atoms with E-state index in [9.17, 15) is 8.42 Å². The lowest BCUT2D eigenvalue weighted by Crippen LogP contribution is -2.48. The average Bonchev–Trinajstić information content (AvgIpc) is 3.22. The predicted octanol–water partition coefficient (Wildman–Crippen LogP) is 1.85. The molecule has 27 heavy (non-hydrogen) atoms. The zero-order valence-electron chi connectivity index (χ0n) is 16.2. The Morgan fingerprint density at radius 3 is 2.59 bits per heavy atom. The van der Waals surface area contributed by atoms with Crippen LogP contribution in [0.1, 0.15) is 37.0 Å². The second-order valence-corrected chi connectivity index (χ2v) is 10.9. The summed E-state index contributed by atoms with van der Waals surface area (Å²) in [6.07, 6.45) is 6.40. The molecule has 0 aromatic carbocycles. The second kappa shape index (κ2) is 9.39. The number of nitrogens with zero attached hydrogens (tertiary/aromatic N) is 2. The van der Waals surface area contributed by atoms with Crippen LogP contribution in [0.25, 0.3) is 0 Å². The molecule has 1 aliphatic heterocycles.